The number of hydrogen-bond donors (Lipinski definition) is 2. The SMILES string of the molecule is CCC(CC)(CC)NC(=O)C1CCCC(N)C1. The van der Waals surface area contributed by atoms with Crippen molar-refractivity contribution in [1.82, 2.24) is 5.32 Å². The summed E-state index contributed by atoms with van der Waals surface area (Å²) in [5.41, 5.74) is 5.94. The molecule has 1 amide bonds. The highest BCUT2D eigenvalue weighted by atomic mass is 16.2. The molecule has 2 unspecified atom stereocenters. The molecule has 3 nitrogen and oxygen atoms in total. The maximum Gasteiger partial charge on any atom is 0.223 e. The van der Waals surface area contributed by atoms with E-state index < -0.39 is 0 Å². The van der Waals surface area contributed by atoms with E-state index in [9.17, 15) is 4.79 Å². The molecule has 3 N–H and O–H groups in total. The second-order valence-corrected chi connectivity index (χ2v) is 5.45. The second kappa shape index (κ2) is 6.39. The number of nitrogens with one attached hydrogen (secondary N) is 1. The van der Waals surface area contributed by atoms with Crippen molar-refractivity contribution >= 4 is 5.91 Å². The van der Waals surface area contributed by atoms with Crippen molar-refractivity contribution in [3.05, 3.63) is 0 Å². The number of nitrogens with two attached hydrogens (primary N) is 1. The van der Waals surface area contributed by atoms with E-state index in [-0.39, 0.29) is 23.4 Å². The van der Waals surface area contributed by atoms with Crippen LogP contribution >= 0.6 is 0 Å². The topological polar surface area (TPSA) is 55.1 Å². The molecule has 0 aromatic rings. The van der Waals surface area contributed by atoms with E-state index in [1.165, 1.54) is 0 Å². The maximum absolute atomic E-state index is 12.3. The van der Waals surface area contributed by atoms with Crippen molar-refractivity contribution in [2.75, 3.05) is 0 Å². The molecule has 1 rings (SSSR count). The fourth-order valence-electron chi connectivity index (χ4n) is 2.84. The van der Waals surface area contributed by atoms with Crippen molar-refractivity contribution in [1.29, 1.82) is 0 Å². The van der Waals surface area contributed by atoms with Crippen LogP contribution in [0.2, 0.25) is 0 Å². The number of rotatable bonds is 5. The molecular weight excluding hydrogens is 212 g/mol. The third-order valence-electron chi connectivity index (χ3n) is 4.50. The molecule has 0 heterocycles. The van der Waals surface area contributed by atoms with Crippen molar-refractivity contribution in [3.63, 3.8) is 0 Å². The number of hydrogen-bond acceptors (Lipinski definition) is 2. The first-order chi connectivity index (χ1) is 8.06. The minimum atomic E-state index is -0.00136. The van der Waals surface area contributed by atoms with Crippen LogP contribution in [0.3, 0.4) is 0 Å². The van der Waals surface area contributed by atoms with E-state index in [0.29, 0.717) is 0 Å². The standard InChI is InChI=1S/C14H28N2O/c1-4-14(5-2,6-3)16-13(17)11-8-7-9-12(15)10-11/h11-12H,4-10,15H2,1-3H3,(H,16,17). The van der Waals surface area contributed by atoms with Gasteiger partial charge in [-0.15, -0.1) is 0 Å². The third kappa shape index (κ3) is 3.70. The first-order valence-corrected chi connectivity index (χ1v) is 7.14. The average molecular weight is 240 g/mol. The highest BCUT2D eigenvalue weighted by molar-refractivity contribution is 5.79. The van der Waals surface area contributed by atoms with E-state index in [2.05, 4.69) is 26.1 Å². The molecule has 0 aliphatic heterocycles. The lowest BCUT2D eigenvalue weighted by atomic mass is 9.83. The zero-order chi connectivity index (χ0) is 12.9. The van der Waals surface area contributed by atoms with Gasteiger partial charge in [-0.25, -0.2) is 0 Å². The molecule has 2 atom stereocenters. The van der Waals surface area contributed by atoms with E-state index in [0.717, 1.165) is 44.9 Å². The zero-order valence-corrected chi connectivity index (χ0v) is 11.6. The minimum absolute atomic E-state index is 0.00136. The lowest BCUT2D eigenvalue weighted by molar-refractivity contribution is -0.128. The Balaban J connectivity index is 2.57. The second-order valence-electron chi connectivity index (χ2n) is 5.45. The Labute approximate surface area is 106 Å². The summed E-state index contributed by atoms with van der Waals surface area (Å²) in [4.78, 5) is 12.3. The molecule has 3 heteroatoms. The van der Waals surface area contributed by atoms with Crippen molar-refractivity contribution in [2.24, 2.45) is 11.7 Å². The molecule has 1 fully saturated rings. The molecule has 1 saturated carbocycles. The first-order valence-electron chi connectivity index (χ1n) is 7.14. The van der Waals surface area contributed by atoms with Crippen LogP contribution < -0.4 is 11.1 Å². The Morgan fingerprint density at radius 2 is 1.82 bits per heavy atom. The molecule has 0 spiro atoms. The van der Waals surface area contributed by atoms with Crippen LogP contribution in [0.5, 0.6) is 0 Å². The fourth-order valence-corrected chi connectivity index (χ4v) is 2.84. The summed E-state index contributed by atoms with van der Waals surface area (Å²) >= 11 is 0. The molecule has 0 aromatic heterocycles. The van der Waals surface area contributed by atoms with E-state index in [1.807, 2.05) is 0 Å². The summed E-state index contributed by atoms with van der Waals surface area (Å²) in [6.07, 6.45) is 7.05. The van der Waals surface area contributed by atoms with Gasteiger partial charge in [0.05, 0.1) is 0 Å². The summed E-state index contributed by atoms with van der Waals surface area (Å²) in [5, 5.41) is 3.28. The highest BCUT2D eigenvalue weighted by Crippen LogP contribution is 2.26. The van der Waals surface area contributed by atoms with Gasteiger partial charge in [-0.3, -0.25) is 4.79 Å². The fraction of sp³-hybridized carbons (Fsp3) is 0.929. The first kappa shape index (κ1) is 14.5. The van der Waals surface area contributed by atoms with Crippen LogP contribution in [0, 0.1) is 5.92 Å². The predicted octanol–water partition coefficient (Wildman–Crippen LogP) is 2.59. The quantitative estimate of drug-likeness (QED) is 0.776. The predicted molar refractivity (Wildman–Crippen MR) is 71.7 cm³/mol. The van der Waals surface area contributed by atoms with E-state index in [1.54, 1.807) is 0 Å². The van der Waals surface area contributed by atoms with Gasteiger partial charge in [0.15, 0.2) is 0 Å². The lowest BCUT2D eigenvalue weighted by Crippen LogP contribution is -2.50. The molecule has 1 aliphatic carbocycles. The molecule has 0 aromatic carbocycles. The molecule has 17 heavy (non-hydrogen) atoms. The molecule has 0 bridgehead atoms. The number of amides is 1. The Hall–Kier alpha value is -0.570. The Morgan fingerprint density at radius 3 is 2.29 bits per heavy atom. The Bertz CT molecular complexity index is 240. The smallest absolute Gasteiger partial charge is 0.223 e. The molecular formula is C14H28N2O. The van der Waals surface area contributed by atoms with Gasteiger partial charge in [-0.1, -0.05) is 27.2 Å². The lowest BCUT2D eigenvalue weighted by Gasteiger charge is -2.35. The Morgan fingerprint density at radius 1 is 1.24 bits per heavy atom. The summed E-state index contributed by atoms with van der Waals surface area (Å²) in [7, 11) is 0. The van der Waals surface area contributed by atoms with Gasteiger partial charge in [0.2, 0.25) is 5.91 Å². The van der Waals surface area contributed by atoms with Crippen LogP contribution in [0.1, 0.15) is 65.7 Å². The highest BCUT2D eigenvalue weighted by Gasteiger charge is 2.31. The van der Waals surface area contributed by atoms with Crippen LogP contribution in [0.15, 0.2) is 0 Å². The third-order valence-corrected chi connectivity index (χ3v) is 4.50. The van der Waals surface area contributed by atoms with Gasteiger partial charge >= 0.3 is 0 Å². The van der Waals surface area contributed by atoms with Gasteiger partial charge in [-0.2, -0.15) is 0 Å². The van der Waals surface area contributed by atoms with E-state index >= 15 is 0 Å². The monoisotopic (exact) mass is 240 g/mol. The van der Waals surface area contributed by atoms with Crippen molar-refractivity contribution < 1.29 is 4.79 Å². The maximum atomic E-state index is 12.3. The van der Waals surface area contributed by atoms with Crippen molar-refractivity contribution in [2.45, 2.75) is 77.3 Å². The van der Waals surface area contributed by atoms with Crippen LogP contribution in [0.4, 0.5) is 0 Å². The normalized spacial score (nSPS) is 25.6. The van der Waals surface area contributed by atoms with Crippen LogP contribution in [-0.2, 0) is 4.79 Å². The molecule has 0 saturated heterocycles. The van der Waals surface area contributed by atoms with E-state index in [4.69, 9.17) is 5.73 Å². The summed E-state index contributed by atoms with van der Waals surface area (Å²) in [5.74, 6) is 0.369. The Kier molecular flexibility index (Phi) is 5.44. The average Bonchev–Trinajstić information content (AvgIpc) is 2.36. The van der Waals surface area contributed by atoms with Gasteiger partial charge in [-0.05, 0) is 38.5 Å². The van der Waals surface area contributed by atoms with Gasteiger partial charge in [0.25, 0.3) is 0 Å². The number of carbonyl (C=O) groups is 1. The minimum Gasteiger partial charge on any atom is -0.350 e. The van der Waals surface area contributed by atoms with Crippen LogP contribution in [0.25, 0.3) is 0 Å². The van der Waals surface area contributed by atoms with Gasteiger partial charge in [0.1, 0.15) is 0 Å². The van der Waals surface area contributed by atoms with Crippen molar-refractivity contribution in [3.8, 4) is 0 Å². The molecule has 0 radical (unpaired) electrons. The van der Waals surface area contributed by atoms with Gasteiger partial charge < -0.3 is 11.1 Å². The summed E-state index contributed by atoms with van der Waals surface area (Å²) in [6.45, 7) is 6.46. The largest absolute Gasteiger partial charge is 0.350 e. The molecule has 100 valence electrons. The number of carbonyl (C=O) groups excluding carboxylic acids is 1. The zero-order valence-electron chi connectivity index (χ0n) is 11.6. The molecule has 1 aliphatic rings. The van der Waals surface area contributed by atoms with Gasteiger partial charge in [0, 0.05) is 17.5 Å². The van der Waals surface area contributed by atoms with Crippen LogP contribution in [-0.4, -0.2) is 17.5 Å². The summed E-state index contributed by atoms with van der Waals surface area (Å²) < 4.78 is 0. The summed E-state index contributed by atoms with van der Waals surface area (Å²) in [6, 6.07) is 0.221.